The van der Waals surface area contributed by atoms with Gasteiger partial charge in [-0.15, -0.1) is 0 Å². The SMILES string of the molecule is NCc1ccc(CN2CCCS(=O)(=O)CC2)o1. The average Bonchev–Trinajstić information content (AvgIpc) is 2.66. The number of rotatable bonds is 3. The van der Waals surface area contributed by atoms with Crippen LogP contribution in [0.2, 0.25) is 0 Å². The van der Waals surface area contributed by atoms with E-state index in [9.17, 15) is 8.42 Å². The van der Waals surface area contributed by atoms with E-state index in [0.29, 0.717) is 31.8 Å². The fourth-order valence-corrected chi connectivity index (χ4v) is 3.30. The molecule has 0 radical (unpaired) electrons. The van der Waals surface area contributed by atoms with Crippen LogP contribution in [0.1, 0.15) is 17.9 Å². The van der Waals surface area contributed by atoms with E-state index in [1.54, 1.807) is 0 Å². The van der Waals surface area contributed by atoms with E-state index >= 15 is 0 Å². The van der Waals surface area contributed by atoms with E-state index in [1.807, 2.05) is 12.1 Å². The van der Waals surface area contributed by atoms with E-state index < -0.39 is 9.84 Å². The largest absolute Gasteiger partial charge is 0.463 e. The molecule has 1 fully saturated rings. The summed E-state index contributed by atoms with van der Waals surface area (Å²) in [7, 11) is -2.84. The summed E-state index contributed by atoms with van der Waals surface area (Å²) in [4.78, 5) is 2.11. The highest BCUT2D eigenvalue weighted by molar-refractivity contribution is 7.91. The van der Waals surface area contributed by atoms with Crippen LogP contribution in [-0.2, 0) is 22.9 Å². The molecule has 0 unspecified atom stereocenters. The van der Waals surface area contributed by atoms with Gasteiger partial charge in [0.15, 0.2) is 9.84 Å². The summed E-state index contributed by atoms with van der Waals surface area (Å²) >= 11 is 0. The average molecular weight is 258 g/mol. The first-order chi connectivity index (χ1) is 8.09. The second-order valence-corrected chi connectivity index (χ2v) is 6.66. The van der Waals surface area contributed by atoms with Gasteiger partial charge in [0.25, 0.3) is 0 Å². The molecule has 0 atom stereocenters. The first-order valence-electron chi connectivity index (χ1n) is 5.79. The third-order valence-electron chi connectivity index (χ3n) is 2.95. The normalized spacial score (nSPS) is 21.2. The first kappa shape index (κ1) is 12.6. The maximum Gasteiger partial charge on any atom is 0.151 e. The number of hydrogen-bond acceptors (Lipinski definition) is 5. The Hall–Kier alpha value is -0.850. The molecule has 0 aromatic carbocycles. The topological polar surface area (TPSA) is 76.5 Å². The van der Waals surface area contributed by atoms with Crippen molar-refractivity contribution in [2.75, 3.05) is 24.6 Å². The van der Waals surface area contributed by atoms with E-state index in [2.05, 4.69) is 4.90 Å². The van der Waals surface area contributed by atoms with Crippen molar-refractivity contribution in [1.29, 1.82) is 0 Å². The minimum atomic E-state index is -2.84. The van der Waals surface area contributed by atoms with Gasteiger partial charge < -0.3 is 10.2 Å². The second-order valence-electron chi connectivity index (χ2n) is 4.35. The molecule has 1 saturated heterocycles. The summed E-state index contributed by atoms with van der Waals surface area (Å²) in [5, 5.41) is 0. The molecule has 2 N–H and O–H groups in total. The quantitative estimate of drug-likeness (QED) is 0.847. The van der Waals surface area contributed by atoms with Crippen LogP contribution in [0.25, 0.3) is 0 Å². The van der Waals surface area contributed by atoms with Crippen molar-refractivity contribution in [2.24, 2.45) is 5.73 Å². The maximum absolute atomic E-state index is 11.5. The molecule has 0 aliphatic carbocycles. The third kappa shape index (κ3) is 3.55. The molecular formula is C11H18N2O3S. The fourth-order valence-electron chi connectivity index (χ4n) is 1.99. The molecule has 2 rings (SSSR count). The van der Waals surface area contributed by atoms with Crippen molar-refractivity contribution in [2.45, 2.75) is 19.5 Å². The lowest BCUT2D eigenvalue weighted by molar-refractivity contribution is 0.259. The number of sulfone groups is 1. The lowest BCUT2D eigenvalue weighted by Crippen LogP contribution is -2.26. The highest BCUT2D eigenvalue weighted by atomic mass is 32.2. The van der Waals surface area contributed by atoms with Crippen LogP contribution in [0.15, 0.2) is 16.5 Å². The Morgan fingerprint density at radius 1 is 1.24 bits per heavy atom. The molecule has 2 heterocycles. The third-order valence-corrected chi connectivity index (χ3v) is 4.66. The second kappa shape index (κ2) is 5.20. The molecule has 1 aromatic rings. The van der Waals surface area contributed by atoms with E-state index in [4.69, 9.17) is 10.2 Å². The summed E-state index contributed by atoms with van der Waals surface area (Å²) in [5.74, 6) is 2.17. The smallest absolute Gasteiger partial charge is 0.151 e. The number of hydrogen-bond donors (Lipinski definition) is 1. The van der Waals surface area contributed by atoms with Gasteiger partial charge in [-0.25, -0.2) is 8.42 Å². The molecule has 1 aliphatic heterocycles. The Balaban J connectivity index is 1.95. The van der Waals surface area contributed by atoms with Gasteiger partial charge in [-0.3, -0.25) is 4.90 Å². The van der Waals surface area contributed by atoms with Gasteiger partial charge in [0.1, 0.15) is 11.5 Å². The molecule has 1 aromatic heterocycles. The lowest BCUT2D eigenvalue weighted by Gasteiger charge is -2.17. The minimum Gasteiger partial charge on any atom is -0.463 e. The highest BCUT2D eigenvalue weighted by Gasteiger charge is 2.19. The van der Waals surface area contributed by atoms with Crippen molar-refractivity contribution in [3.05, 3.63) is 23.7 Å². The lowest BCUT2D eigenvalue weighted by atomic mass is 10.3. The van der Waals surface area contributed by atoms with Gasteiger partial charge in [0, 0.05) is 6.54 Å². The van der Waals surface area contributed by atoms with Crippen LogP contribution >= 0.6 is 0 Å². The Morgan fingerprint density at radius 2 is 2.00 bits per heavy atom. The molecule has 0 spiro atoms. The molecule has 96 valence electrons. The monoisotopic (exact) mass is 258 g/mol. The number of nitrogens with zero attached hydrogens (tertiary/aromatic N) is 1. The molecular weight excluding hydrogens is 240 g/mol. The molecule has 0 amide bonds. The van der Waals surface area contributed by atoms with Crippen molar-refractivity contribution in [1.82, 2.24) is 4.90 Å². The zero-order valence-electron chi connectivity index (χ0n) is 9.76. The standard InChI is InChI=1S/C11H18N2O3S/c12-8-10-2-3-11(16-10)9-13-4-1-6-17(14,15)7-5-13/h2-3H,1,4-9,12H2. The Bertz CT molecular complexity index is 467. The van der Waals surface area contributed by atoms with Gasteiger partial charge >= 0.3 is 0 Å². The van der Waals surface area contributed by atoms with Crippen LogP contribution in [0.5, 0.6) is 0 Å². The van der Waals surface area contributed by atoms with Crippen LogP contribution in [-0.4, -0.2) is 37.9 Å². The van der Waals surface area contributed by atoms with Crippen LogP contribution in [0.3, 0.4) is 0 Å². The fraction of sp³-hybridized carbons (Fsp3) is 0.636. The zero-order chi connectivity index (χ0) is 12.3. The minimum absolute atomic E-state index is 0.247. The molecule has 17 heavy (non-hydrogen) atoms. The highest BCUT2D eigenvalue weighted by Crippen LogP contribution is 2.12. The van der Waals surface area contributed by atoms with Crippen LogP contribution < -0.4 is 5.73 Å². The van der Waals surface area contributed by atoms with E-state index in [0.717, 1.165) is 18.1 Å². The van der Waals surface area contributed by atoms with Crippen molar-refractivity contribution in [3.8, 4) is 0 Å². The van der Waals surface area contributed by atoms with Crippen LogP contribution in [0, 0.1) is 0 Å². The first-order valence-corrected chi connectivity index (χ1v) is 7.62. The summed E-state index contributed by atoms with van der Waals surface area (Å²) in [6.45, 7) is 2.45. The summed E-state index contributed by atoms with van der Waals surface area (Å²) in [6.07, 6.45) is 0.701. The predicted octanol–water partition coefficient (Wildman–Crippen LogP) is 0.359. The Labute approximate surface area is 101 Å². The van der Waals surface area contributed by atoms with Crippen molar-refractivity contribution >= 4 is 9.84 Å². The summed E-state index contributed by atoms with van der Waals surface area (Å²) < 4.78 is 28.4. The predicted molar refractivity (Wildman–Crippen MR) is 65.1 cm³/mol. The summed E-state index contributed by atoms with van der Waals surface area (Å²) in [6, 6.07) is 3.77. The molecule has 5 nitrogen and oxygen atoms in total. The number of furan rings is 1. The van der Waals surface area contributed by atoms with Gasteiger partial charge in [0.2, 0.25) is 0 Å². The number of nitrogens with two attached hydrogens (primary N) is 1. The van der Waals surface area contributed by atoms with Crippen molar-refractivity contribution in [3.63, 3.8) is 0 Å². The maximum atomic E-state index is 11.5. The van der Waals surface area contributed by atoms with Gasteiger partial charge in [-0.1, -0.05) is 0 Å². The zero-order valence-corrected chi connectivity index (χ0v) is 10.6. The van der Waals surface area contributed by atoms with E-state index in [1.165, 1.54) is 0 Å². The van der Waals surface area contributed by atoms with Gasteiger partial charge in [-0.05, 0) is 25.1 Å². The molecule has 0 saturated carbocycles. The summed E-state index contributed by atoms with van der Waals surface area (Å²) in [5.41, 5.74) is 5.47. The molecule has 0 bridgehead atoms. The van der Waals surface area contributed by atoms with Crippen molar-refractivity contribution < 1.29 is 12.8 Å². The van der Waals surface area contributed by atoms with Gasteiger partial charge in [0.05, 0.1) is 24.6 Å². The Morgan fingerprint density at radius 3 is 2.71 bits per heavy atom. The van der Waals surface area contributed by atoms with Gasteiger partial charge in [-0.2, -0.15) is 0 Å². The molecule has 6 heteroatoms. The van der Waals surface area contributed by atoms with E-state index in [-0.39, 0.29) is 5.75 Å². The molecule has 1 aliphatic rings. The Kier molecular flexibility index (Phi) is 3.86. The van der Waals surface area contributed by atoms with Crippen LogP contribution in [0.4, 0.5) is 0 Å².